The number of nitrogens with one attached hydrogen (secondary N) is 1. The third-order valence-electron chi connectivity index (χ3n) is 3.66. The molecule has 0 aliphatic carbocycles. The SMILES string of the molecule is CC(NCc1cccc2c1OCCCO2)c1ccncc1. The molecule has 1 aliphatic heterocycles. The van der Waals surface area contributed by atoms with E-state index < -0.39 is 0 Å². The number of para-hydroxylation sites is 1. The second-order valence-electron chi connectivity index (χ2n) is 5.18. The number of hydrogen-bond acceptors (Lipinski definition) is 4. The largest absolute Gasteiger partial charge is 0.490 e. The second kappa shape index (κ2) is 6.59. The minimum atomic E-state index is 0.260. The van der Waals surface area contributed by atoms with Gasteiger partial charge in [-0.2, -0.15) is 0 Å². The summed E-state index contributed by atoms with van der Waals surface area (Å²) in [4.78, 5) is 4.05. The van der Waals surface area contributed by atoms with Gasteiger partial charge in [0.2, 0.25) is 0 Å². The van der Waals surface area contributed by atoms with Crippen LogP contribution in [0.3, 0.4) is 0 Å². The van der Waals surface area contributed by atoms with Gasteiger partial charge in [-0.3, -0.25) is 4.98 Å². The van der Waals surface area contributed by atoms with Crippen molar-refractivity contribution in [2.45, 2.75) is 25.9 Å². The highest BCUT2D eigenvalue weighted by molar-refractivity contribution is 5.47. The fraction of sp³-hybridized carbons (Fsp3) is 0.353. The van der Waals surface area contributed by atoms with Gasteiger partial charge in [-0.1, -0.05) is 12.1 Å². The molecule has 2 heterocycles. The van der Waals surface area contributed by atoms with Crippen LogP contribution in [0.25, 0.3) is 0 Å². The molecule has 1 unspecified atom stereocenters. The third-order valence-corrected chi connectivity index (χ3v) is 3.66. The van der Waals surface area contributed by atoms with Gasteiger partial charge in [0.1, 0.15) is 0 Å². The van der Waals surface area contributed by atoms with E-state index in [-0.39, 0.29) is 6.04 Å². The molecule has 4 nitrogen and oxygen atoms in total. The monoisotopic (exact) mass is 284 g/mol. The zero-order chi connectivity index (χ0) is 14.5. The summed E-state index contributed by atoms with van der Waals surface area (Å²) in [6.45, 7) is 4.32. The molecule has 21 heavy (non-hydrogen) atoms. The summed E-state index contributed by atoms with van der Waals surface area (Å²) in [5.74, 6) is 1.73. The first-order chi connectivity index (χ1) is 10.3. The first kappa shape index (κ1) is 13.9. The normalized spacial score (nSPS) is 15.3. The lowest BCUT2D eigenvalue weighted by molar-refractivity contribution is 0.295. The number of aromatic nitrogens is 1. The predicted octanol–water partition coefficient (Wildman–Crippen LogP) is 3.09. The Morgan fingerprint density at radius 1 is 1.14 bits per heavy atom. The molecule has 0 amide bonds. The number of ether oxygens (including phenoxy) is 2. The van der Waals surface area contributed by atoms with E-state index >= 15 is 0 Å². The second-order valence-corrected chi connectivity index (χ2v) is 5.18. The zero-order valence-electron chi connectivity index (χ0n) is 12.2. The van der Waals surface area contributed by atoms with Crippen molar-refractivity contribution in [2.24, 2.45) is 0 Å². The van der Waals surface area contributed by atoms with Crippen LogP contribution in [0.1, 0.15) is 30.5 Å². The minimum Gasteiger partial charge on any atom is -0.490 e. The fourth-order valence-electron chi connectivity index (χ4n) is 2.43. The molecule has 110 valence electrons. The molecule has 4 heteroatoms. The van der Waals surface area contributed by atoms with Crippen LogP contribution in [0.2, 0.25) is 0 Å². The van der Waals surface area contributed by atoms with Crippen LogP contribution in [-0.4, -0.2) is 18.2 Å². The summed E-state index contributed by atoms with van der Waals surface area (Å²) < 4.78 is 11.6. The molecule has 0 radical (unpaired) electrons. The average molecular weight is 284 g/mol. The van der Waals surface area contributed by atoms with Gasteiger partial charge in [0.05, 0.1) is 13.2 Å². The van der Waals surface area contributed by atoms with Crippen molar-refractivity contribution < 1.29 is 9.47 Å². The molecule has 1 atom stereocenters. The van der Waals surface area contributed by atoms with Crippen LogP contribution in [-0.2, 0) is 6.54 Å². The van der Waals surface area contributed by atoms with Crippen molar-refractivity contribution in [3.8, 4) is 11.5 Å². The van der Waals surface area contributed by atoms with Gasteiger partial charge in [-0.05, 0) is 30.7 Å². The lowest BCUT2D eigenvalue weighted by Crippen LogP contribution is -2.18. The highest BCUT2D eigenvalue weighted by Gasteiger charge is 2.15. The summed E-state index contributed by atoms with van der Waals surface area (Å²) in [7, 11) is 0. The number of benzene rings is 1. The molecule has 1 aliphatic rings. The van der Waals surface area contributed by atoms with E-state index in [1.54, 1.807) is 0 Å². The van der Waals surface area contributed by atoms with E-state index in [4.69, 9.17) is 9.47 Å². The van der Waals surface area contributed by atoms with Crippen molar-refractivity contribution in [1.82, 2.24) is 10.3 Å². The number of rotatable bonds is 4. The van der Waals surface area contributed by atoms with Gasteiger partial charge in [-0.25, -0.2) is 0 Å². The maximum absolute atomic E-state index is 5.84. The Morgan fingerprint density at radius 2 is 1.95 bits per heavy atom. The quantitative estimate of drug-likeness (QED) is 0.937. The topological polar surface area (TPSA) is 43.4 Å². The molecule has 1 aromatic heterocycles. The molecule has 0 saturated carbocycles. The number of hydrogen-bond donors (Lipinski definition) is 1. The molecule has 0 fully saturated rings. The van der Waals surface area contributed by atoms with Crippen molar-refractivity contribution in [2.75, 3.05) is 13.2 Å². The summed E-state index contributed by atoms with van der Waals surface area (Å²) in [5.41, 5.74) is 2.36. The van der Waals surface area contributed by atoms with Crippen LogP contribution in [0, 0.1) is 0 Å². The van der Waals surface area contributed by atoms with Gasteiger partial charge in [-0.15, -0.1) is 0 Å². The Bertz CT molecular complexity index is 587. The molecule has 3 rings (SSSR count). The summed E-state index contributed by atoms with van der Waals surface area (Å²) in [5, 5.41) is 3.52. The van der Waals surface area contributed by atoms with Crippen LogP contribution >= 0.6 is 0 Å². The Hall–Kier alpha value is -2.07. The van der Waals surface area contributed by atoms with Crippen molar-refractivity contribution in [3.63, 3.8) is 0 Å². The van der Waals surface area contributed by atoms with Gasteiger partial charge in [0, 0.05) is 37.0 Å². The highest BCUT2D eigenvalue weighted by atomic mass is 16.5. The first-order valence-corrected chi connectivity index (χ1v) is 7.35. The van der Waals surface area contributed by atoms with E-state index in [1.807, 2.05) is 36.7 Å². The Kier molecular flexibility index (Phi) is 4.36. The van der Waals surface area contributed by atoms with E-state index in [1.165, 1.54) is 5.56 Å². The van der Waals surface area contributed by atoms with E-state index in [9.17, 15) is 0 Å². The maximum atomic E-state index is 5.84. The summed E-state index contributed by atoms with van der Waals surface area (Å²) in [6, 6.07) is 10.4. The predicted molar refractivity (Wildman–Crippen MR) is 81.5 cm³/mol. The molecule has 2 aromatic rings. The van der Waals surface area contributed by atoms with Gasteiger partial charge in [0.15, 0.2) is 11.5 Å². The van der Waals surface area contributed by atoms with Gasteiger partial charge < -0.3 is 14.8 Å². The zero-order valence-corrected chi connectivity index (χ0v) is 12.2. The number of pyridine rings is 1. The number of fused-ring (bicyclic) bond motifs is 1. The van der Waals surface area contributed by atoms with Crippen LogP contribution in [0.15, 0.2) is 42.7 Å². The smallest absolute Gasteiger partial charge is 0.165 e. The molecule has 0 bridgehead atoms. The van der Waals surface area contributed by atoms with Crippen molar-refractivity contribution in [3.05, 3.63) is 53.9 Å². The fourth-order valence-corrected chi connectivity index (χ4v) is 2.43. The Labute approximate surface area is 125 Å². The molecule has 1 aromatic carbocycles. The third kappa shape index (κ3) is 3.34. The Morgan fingerprint density at radius 3 is 2.81 bits per heavy atom. The number of nitrogens with zero attached hydrogens (tertiary/aromatic N) is 1. The maximum Gasteiger partial charge on any atom is 0.165 e. The van der Waals surface area contributed by atoms with Crippen molar-refractivity contribution >= 4 is 0 Å². The average Bonchev–Trinajstić information content (AvgIpc) is 2.79. The van der Waals surface area contributed by atoms with Gasteiger partial charge >= 0.3 is 0 Å². The molecular formula is C17H20N2O2. The standard InChI is InChI=1S/C17H20N2O2/c1-13(14-6-8-18-9-7-14)19-12-15-4-2-5-16-17(15)21-11-3-10-20-16/h2,4-9,13,19H,3,10-12H2,1H3. The first-order valence-electron chi connectivity index (χ1n) is 7.35. The van der Waals surface area contributed by atoms with E-state index in [2.05, 4.69) is 23.3 Å². The minimum absolute atomic E-state index is 0.260. The lowest BCUT2D eigenvalue weighted by Gasteiger charge is -2.17. The van der Waals surface area contributed by atoms with E-state index in [0.717, 1.165) is 36.6 Å². The summed E-state index contributed by atoms with van der Waals surface area (Å²) in [6.07, 6.45) is 4.56. The van der Waals surface area contributed by atoms with Crippen molar-refractivity contribution in [1.29, 1.82) is 0 Å². The van der Waals surface area contributed by atoms with Crippen LogP contribution < -0.4 is 14.8 Å². The van der Waals surface area contributed by atoms with Crippen LogP contribution in [0.4, 0.5) is 0 Å². The summed E-state index contributed by atoms with van der Waals surface area (Å²) >= 11 is 0. The lowest BCUT2D eigenvalue weighted by atomic mass is 10.1. The highest BCUT2D eigenvalue weighted by Crippen LogP contribution is 2.33. The van der Waals surface area contributed by atoms with Crippen LogP contribution in [0.5, 0.6) is 11.5 Å². The molecule has 0 saturated heterocycles. The molecule has 1 N–H and O–H groups in total. The molecular weight excluding hydrogens is 264 g/mol. The Balaban J connectivity index is 1.71. The molecule has 0 spiro atoms. The van der Waals surface area contributed by atoms with Gasteiger partial charge in [0.25, 0.3) is 0 Å². The van der Waals surface area contributed by atoms with E-state index in [0.29, 0.717) is 6.61 Å².